The minimum atomic E-state index is -4.50. The molecule has 2 unspecified atom stereocenters. The zero-order valence-electron chi connectivity index (χ0n) is 18.9. The number of aliphatic carboxylic acids is 1. The zero-order chi connectivity index (χ0) is 25.0. The van der Waals surface area contributed by atoms with E-state index < -0.39 is 33.3 Å². The molecule has 2 aliphatic heterocycles. The Morgan fingerprint density at radius 1 is 1.09 bits per heavy atom. The van der Waals surface area contributed by atoms with Gasteiger partial charge in [-0.15, -0.1) is 0 Å². The van der Waals surface area contributed by atoms with Gasteiger partial charge in [0, 0.05) is 25.9 Å². The predicted octanol–water partition coefficient (Wildman–Crippen LogP) is 2.63. The normalized spacial score (nSPS) is 20.1. The molecule has 1 fully saturated rings. The van der Waals surface area contributed by atoms with Crippen molar-refractivity contribution in [1.29, 1.82) is 0 Å². The standard InChI is InChI=1S/C24H26N2O8S/c27-22-14-18(23(28)29)10-12-25(22)13-11-19-15-26(20-8-4-5-9-21(20)34-19)35(31,32)24(30)33-16-17-6-2-1-3-7-17/h1-9,18-19H,10-16H2,(H,28,29). The highest BCUT2D eigenvalue weighted by Crippen LogP contribution is 2.36. The molecule has 2 heterocycles. The summed E-state index contributed by atoms with van der Waals surface area (Å²) in [6.45, 7) is 0.291. The van der Waals surface area contributed by atoms with Crippen LogP contribution in [0.2, 0.25) is 0 Å². The van der Waals surface area contributed by atoms with Crippen LogP contribution in [-0.2, 0) is 31.0 Å². The summed E-state index contributed by atoms with van der Waals surface area (Å²) in [5.74, 6) is -1.61. The maximum absolute atomic E-state index is 13.1. The number of piperidine rings is 1. The number of nitrogens with zero attached hydrogens (tertiary/aromatic N) is 2. The quantitative estimate of drug-likeness (QED) is 0.572. The summed E-state index contributed by atoms with van der Waals surface area (Å²) in [6, 6.07) is 15.3. The summed E-state index contributed by atoms with van der Waals surface area (Å²) in [5, 5.41) is 7.77. The van der Waals surface area contributed by atoms with Crippen LogP contribution in [0, 0.1) is 5.92 Å². The number of hydrogen-bond donors (Lipinski definition) is 1. The number of ether oxygens (including phenoxy) is 2. The van der Waals surface area contributed by atoms with E-state index >= 15 is 0 Å². The summed E-state index contributed by atoms with van der Waals surface area (Å²) in [5.41, 5.74) is 0.895. The summed E-state index contributed by atoms with van der Waals surface area (Å²) in [7, 11) is -4.50. The van der Waals surface area contributed by atoms with Crippen molar-refractivity contribution < 1.29 is 37.4 Å². The molecule has 0 aromatic heterocycles. The van der Waals surface area contributed by atoms with Crippen LogP contribution in [0.25, 0.3) is 0 Å². The molecule has 186 valence electrons. The van der Waals surface area contributed by atoms with E-state index in [0.29, 0.717) is 30.7 Å². The Labute approximate surface area is 203 Å². The molecule has 1 N–H and O–H groups in total. The number of carboxylic acid groups (broad SMARTS) is 1. The monoisotopic (exact) mass is 502 g/mol. The summed E-state index contributed by atoms with van der Waals surface area (Å²) in [6.07, 6.45) is -0.00428. The Balaban J connectivity index is 1.44. The van der Waals surface area contributed by atoms with E-state index in [-0.39, 0.29) is 37.7 Å². The van der Waals surface area contributed by atoms with Crippen molar-refractivity contribution in [1.82, 2.24) is 4.90 Å². The average molecular weight is 503 g/mol. The number of carbonyl (C=O) groups is 3. The number of para-hydroxylation sites is 2. The van der Waals surface area contributed by atoms with Crippen LogP contribution in [0.15, 0.2) is 54.6 Å². The van der Waals surface area contributed by atoms with Crippen LogP contribution in [0.4, 0.5) is 10.5 Å². The molecule has 35 heavy (non-hydrogen) atoms. The van der Waals surface area contributed by atoms with Gasteiger partial charge in [-0.1, -0.05) is 42.5 Å². The molecule has 0 bridgehead atoms. The van der Waals surface area contributed by atoms with E-state index in [0.717, 1.165) is 4.31 Å². The number of rotatable bonds is 7. The second-order valence-corrected chi connectivity index (χ2v) is 10.2. The molecule has 0 aliphatic carbocycles. The van der Waals surface area contributed by atoms with Gasteiger partial charge in [-0.05, 0) is 24.1 Å². The van der Waals surface area contributed by atoms with E-state index in [9.17, 15) is 22.8 Å². The van der Waals surface area contributed by atoms with Crippen LogP contribution in [0.5, 0.6) is 5.75 Å². The number of fused-ring (bicyclic) bond motifs is 1. The molecule has 2 aromatic rings. The summed E-state index contributed by atoms with van der Waals surface area (Å²) >= 11 is 0. The predicted molar refractivity (Wildman–Crippen MR) is 125 cm³/mol. The van der Waals surface area contributed by atoms with Gasteiger partial charge in [0.2, 0.25) is 5.91 Å². The minimum absolute atomic E-state index is 0.0581. The smallest absolute Gasteiger partial charge is 0.445 e. The number of carboxylic acids is 1. The van der Waals surface area contributed by atoms with Crippen molar-refractivity contribution in [2.75, 3.05) is 23.9 Å². The van der Waals surface area contributed by atoms with Crippen molar-refractivity contribution in [2.24, 2.45) is 5.92 Å². The van der Waals surface area contributed by atoms with Crippen LogP contribution in [-0.4, -0.2) is 61.3 Å². The topological polar surface area (TPSA) is 131 Å². The highest BCUT2D eigenvalue weighted by atomic mass is 32.2. The van der Waals surface area contributed by atoms with Gasteiger partial charge in [-0.2, -0.15) is 8.42 Å². The number of anilines is 1. The Morgan fingerprint density at radius 2 is 1.80 bits per heavy atom. The lowest BCUT2D eigenvalue weighted by atomic mass is 9.96. The molecule has 11 heteroatoms. The van der Waals surface area contributed by atoms with Gasteiger partial charge in [0.05, 0.1) is 18.2 Å². The Hall–Kier alpha value is -3.60. The van der Waals surface area contributed by atoms with Gasteiger partial charge in [-0.25, -0.2) is 4.79 Å². The maximum Gasteiger partial charge on any atom is 0.445 e. The SMILES string of the molecule is O=C(O)C1CCN(CCC2CN(S(=O)(=O)C(=O)OCc3ccccc3)c3ccccc3O2)C(=O)C1. The van der Waals surface area contributed by atoms with E-state index in [4.69, 9.17) is 14.6 Å². The van der Waals surface area contributed by atoms with Crippen molar-refractivity contribution in [2.45, 2.75) is 32.0 Å². The third-order valence-electron chi connectivity index (χ3n) is 6.09. The highest BCUT2D eigenvalue weighted by molar-refractivity contribution is 8.06. The van der Waals surface area contributed by atoms with Crippen molar-refractivity contribution >= 4 is 32.9 Å². The molecular weight excluding hydrogens is 476 g/mol. The lowest BCUT2D eigenvalue weighted by molar-refractivity contribution is -0.149. The van der Waals surface area contributed by atoms with E-state index in [1.807, 2.05) is 0 Å². The molecule has 0 saturated carbocycles. The molecular formula is C24H26N2O8S. The van der Waals surface area contributed by atoms with Crippen molar-refractivity contribution in [3.63, 3.8) is 0 Å². The first kappa shape index (κ1) is 24.5. The molecule has 2 aliphatic rings. The van der Waals surface area contributed by atoms with Gasteiger partial charge < -0.3 is 19.5 Å². The fraction of sp³-hybridized carbons (Fsp3) is 0.375. The number of benzene rings is 2. The number of hydrogen-bond acceptors (Lipinski definition) is 7. The van der Waals surface area contributed by atoms with Crippen LogP contribution >= 0.6 is 0 Å². The molecule has 2 aromatic carbocycles. The number of likely N-dealkylation sites (tertiary alicyclic amines) is 1. The third kappa shape index (κ3) is 5.56. The van der Waals surface area contributed by atoms with E-state index in [1.54, 1.807) is 59.5 Å². The number of amides is 1. The minimum Gasteiger partial charge on any atom is -0.486 e. The first-order valence-electron chi connectivity index (χ1n) is 11.3. The first-order chi connectivity index (χ1) is 16.8. The molecule has 10 nitrogen and oxygen atoms in total. The fourth-order valence-electron chi connectivity index (χ4n) is 4.15. The van der Waals surface area contributed by atoms with Crippen LogP contribution < -0.4 is 9.04 Å². The maximum atomic E-state index is 13.1. The lowest BCUT2D eigenvalue weighted by Gasteiger charge is -2.36. The fourth-order valence-corrected chi connectivity index (χ4v) is 5.31. The first-order valence-corrected chi connectivity index (χ1v) is 12.7. The second-order valence-electron chi connectivity index (χ2n) is 8.47. The molecule has 1 saturated heterocycles. The van der Waals surface area contributed by atoms with Gasteiger partial charge in [0.1, 0.15) is 18.5 Å². The third-order valence-corrected chi connectivity index (χ3v) is 7.55. The largest absolute Gasteiger partial charge is 0.486 e. The van der Waals surface area contributed by atoms with Gasteiger partial charge in [0.15, 0.2) is 0 Å². The lowest BCUT2D eigenvalue weighted by Crippen LogP contribution is -2.48. The number of carbonyl (C=O) groups excluding carboxylic acids is 2. The van der Waals surface area contributed by atoms with Gasteiger partial charge >= 0.3 is 21.3 Å². The van der Waals surface area contributed by atoms with E-state index in [1.165, 1.54) is 0 Å². The molecule has 4 rings (SSSR count). The zero-order valence-corrected chi connectivity index (χ0v) is 19.7. The highest BCUT2D eigenvalue weighted by Gasteiger charge is 2.39. The summed E-state index contributed by atoms with van der Waals surface area (Å²) in [4.78, 5) is 37.6. The van der Waals surface area contributed by atoms with Crippen molar-refractivity contribution in [3.05, 3.63) is 60.2 Å². The number of sulfonamides is 1. The Morgan fingerprint density at radius 3 is 2.51 bits per heavy atom. The molecule has 0 spiro atoms. The van der Waals surface area contributed by atoms with Crippen molar-refractivity contribution in [3.8, 4) is 5.75 Å². The van der Waals surface area contributed by atoms with Gasteiger partial charge in [0.25, 0.3) is 0 Å². The van der Waals surface area contributed by atoms with Gasteiger partial charge in [-0.3, -0.25) is 13.9 Å². The average Bonchev–Trinajstić information content (AvgIpc) is 2.86. The van der Waals surface area contributed by atoms with E-state index in [2.05, 4.69) is 0 Å². The van der Waals surface area contributed by atoms with Crippen LogP contribution in [0.3, 0.4) is 0 Å². The second kappa shape index (κ2) is 10.3. The molecule has 0 radical (unpaired) electrons. The van der Waals surface area contributed by atoms with Crippen LogP contribution in [0.1, 0.15) is 24.8 Å². The Kier molecular flexibility index (Phi) is 7.25. The molecule has 1 amide bonds. The molecule has 2 atom stereocenters. The summed E-state index contributed by atoms with van der Waals surface area (Å²) < 4.78 is 38.3. The Bertz CT molecular complexity index is 1200.